The van der Waals surface area contributed by atoms with Crippen molar-refractivity contribution >= 4 is 23.4 Å². The van der Waals surface area contributed by atoms with Gasteiger partial charge in [0.2, 0.25) is 11.8 Å². The van der Waals surface area contributed by atoms with E-state index in [2.05, 4.69) is 5.32 Å². The van der Waals surface area contributed by atoms with Crippen molar-refractivity contribution in [2.75, 3.05) is 0 Å². The minimum absolute atomic E-state index is 0.0398. The largest absolute Gasteiger partial charge is 0.340 e. The number of nitrogens with zero attached hydrogens (tertiary/aromatic N) is 1. The molecule has 4 nitrogen and oxygen atoms in total. The summed E-state index contributed by atoms with van der Waals surface area (Å²) in [5, 5.41) is 3.47. The van der Waals surface area contributed by atoms with Gasteiger partial charge >= 0.3 is 0 Å². The van der Waals surface area contributed by atoms with Gasteiger partial charge in [-0.15, -0.1) is 0 Å². The monoisotopic (exact) mass is 294 g/mol. The third-order valence-electron chi connectivity index (χ3n) is 3.95. The molecule has 1 aromatic rings. The molecule has 0 radical (unpaired) electrons. The molecule has 1 aliphatic heterocycles. The summed E-state index contributed by atoms with van der Waals surface area (Å²) in [5.41, 5.74) is 0.151. The maximum atomic E-state index is 12.6. The standard InChI is InChI=1S/C15H19ClN2O2/c1-4-15(3)14(20)18(10(2)13(19)17-15)9-11-5-7-12(16)8-6-11/h5-8,10H,4,9H2,1-3H3,(H,17,19). The highest BCUT2D eigenvalue weighted by atomic mass is 35.5. The summed E-state index contributed by atoms with van der Waals surface area (Å²) in [6, 6.07) is 6.86. The number of carbonyl (C=O) groups is 2. The number of benzene rings is 1. The van der Waals surface area contributed by atoms with Crippen LogP contribution in [-0.2, 0) is 16.1 Å². The van der Waals surface area contributed by atoms with E-state index < -0.39 is 11.6 Å². The van der Waals surface area contributed by atoms with Crippen LogP contribution < -0.4 is 5.32 Å². The first kappa shape index (κ1) is 14.9. The van der Waals surface area contributed by atoms with Gasteiger partial charge < -0.3 is 10.2 Å². The molecule has 0 aliphatic carbocycles. The topological polar surface area (TPSA) is 49.4 Å². The third-order valence-corrected chi connectivity index (χ3v) is 4.20. The van der Waals surface area contributed by atoms with Gasteiger partial charge in [0.05, 0.1) is 0 Å². The molecule has 1 heterocycles. The van der Waals surface area contributed by atoms with Gasteiger partial charge in [0, 0.05) is 11.6 Å². The summed E-state index contributed by atoms with van der Waals surface area (Å²) in [6.45, 7) is 5.83. The van der Waals surface area contributed by atoms with Gasteiger partial charge in [0.1, 0.15) is 11.6 Å². The number of piperazine rings is 1. The SMILES string of the molecule is CCC1(C)NC(=O)C(C)N(Cc2ccc(Cl)cc2)C1=O. The maximum absolute atomic E-state index is 12.6. The Kier molecular flexibility index (Phi) is 4.04. The van der Waals surface area contributed by atoms with Gasteiger partial charge in [-0.05, 0) is 38.0 Å². The van der Waals surface area contributed by atoms with E-state index in [-0.39, 0.29) is 11.8 Å². The van der Waals surface area contributed by atoms with Gasteiger partial charge in [-0.25, -0.2) is 0 Å². The molecule has 0 bridgehead atoms. The zero-order valence-electron chi connectivity index (χ0n) is 11.9. The van der Waals surface area contributed by atoms with Crippen LogP contribution in [0.25, 0.3) is 0 Å². The van der Waals surface area contributed by atoms with Crippen LogP contribution in [-0.4, -0.2) is 28.3 Å². The van der Waals surface area contributed by atoms with Crippen LogP contribution >= 0.6 is 11.6 Å². The highest BCUT2D eigenvalue weighted by Gasteiger charge is 2.45. The number of rotatable bonds is 3. The van der Waals surface area contributed by atoms with Crippen LogP contribution in [0.3, 0.4) is 0 Å². The molecule has 108 valence electrons. The Balaban J connectivity index is 2.25. The molecule has 2 rings (SSSR count). The Morgan fingerprint density at radius 2 is 1.90 bits per heavy atom. The molecule has 1 aromatic carbocycles. The first-order valence-corrected chi connectivity index (χ1v) is 7.12. The molecular formula is C15H19ClN2O2. The molecule has 2 atom stereocenters. The fourth-order valence-electron chi connectivity index (χ4n) is 2.30. The fraction of sp³-hybridized carbons (Fsp3) is 0.467. The van der Waals surface area contributed by atoms with E-state index in [1.807, 2.05) is 19.1 Å². The first-order valence-electron chi connectivity index (χ1n) is 6.75. The zero-order valence-corrected chi connectivity index (χ0v) is 12.7. The minimum Gasteiger partial charge on any atom is -0.340 e. The van der Waals surface area contributed by atoms with E-state index in [1.54, 1.807) is 30.9 Å². The quantitative estimate of drug-likeness (QED) is 0.930. The van der Waals surface area contributed by atoms with E-state index in [9.17, 15) is 9.59 Å². The number of hydrogen-bond acceptors (Lipinski definition) is 2. The Morgan fingerprint density at radius 3 is 2.45 bits per heavy atom. The van der Waals surface area contributed by atoms with E-state index >= 15 is 0 Å². The molecule has 2 amide bonds. The van der Waals surface area contributed by atoms with Crippen LogP contribution in [0.4, 0.5) is 0 Å². The average Bonchev–Trinajstić information content (AvgIpc) is 2.43. The van der Waals surface area contributed by atoms with Gasteiger partial charge in [0.25, 0.3) is 0 Å². The summed E-state index contributed by atoms with van der Waals surface area (Å²) in [5.74, 6) is -0.148. The smallest absolute Gasteiger partial charge is 0.248 e. The van der Waals surface area contributed by atoms with Crippen molar-refractivity contribution in [2.24, 2.45) is 0 Å². The fourth-order valence-corrected chi connectivity index (χ4v) is 2.43. The predicted octanol–water partition coefficient (Wildman–Crippen LogP) is 2.36. The summed E-state index contributed by atoms with van der Waals surface area (Å²) < 4.78 is 0. The van der Waals surface area contributed by atoms with E-state index in [0.717, 1.165) is 5.56 Å². The molecule has 1 N–H and O–H groups in total. The van der Waals surface area contributed by atoms with Crippen LogP contribution in [0.2, 0.25) is 5.02 Å². The lowest BCUT2D eigenvalue weighted by molar-refractivity contribution is -0.154. The van der Waals surface area contributed by atoms with Crippen molar-refractivity contribution in [3.8, 4) is 0 Å². The van der Waals surface area contributed by atoms with Crippen molar-refractivity contribution in [1.82, 2.24) is 10.2 Å². The molecule has 0 aromatic heterocycles. The van der Waals surface area contributed by atoms with Gasteiger partial charge in [-0.2, -0.15) is 0 Å². The summed E-state index contributed by atoms with van der Waals surface area (Å²) in [6.07, 6.45) is 0.571. The van der Waals surface area contributed by atoms with E-state index in [0.29, 0.717) is 18.0 Å². The highest BCUT2D eigenvalue weighted by Crippen LogP contribution is 2.23. The lowest BCUT2D eigenvalue weighted by Crippen LogP contribution is -2.68. The van der Waals surface area contributed by atoms with Crippen molar-refractivity contribution in [3.63, 3.8) is 0 Å². The zero-order chi connectivity index (χ0) is 14.9. The lowest BCUT2D eigenvalue weighted by atomic mass is 9.92. The molecular weight excluding hydrogens is 276 g/mol. The first-order chi connectivity index (χ1) is 9.37. The molecule has 2 unspecified atom stereocenters. The van der Waals surface area contributed by atoms with Crippen molar-refractivity contribution in [2.45, 2.75) is 45.3 Å². The second-order valence-corrected chi connectivity index (χ2v) is 5.85. The third kappa shape index (κ3) is 2.66. The Labute approximate surface area is 124 Å². The second kappa shape index (κ2) is 5.44. The minimum atomic E-state index is -0.810. The molecule has 1 fully saturated rings. The predicted molar refractivity (Wildman–Crippen MR) is 78.3 cm³/mol. The molecule has 1 saturated heterocycles. The Morgan fingerprint density at radius 1 is 1.30 bits per heavy atom. The molecule has 1 aliphatic rings. The Hall–Kier alpha value is -1.55. The van der Waals surface area contributed by atoms with Crippen molar-refractivity contribution < 1.29 is 9.59 Å². The Bertz CT molecular complexity index is 529. The highest BCUT2D eigenvalue weighted by molar-refractivity contribution is 6.30. The van der Waals surface area contributed by atoms with E-state index in [4.69, 9.17) is 11.6 Å². The lowest BCUT2D eigenvalue weighted by Gasteiger charge is -2.43. The maximum Gasteiger partial charge on any atom is 0.248 e. The molecule has 0 saturated carbocycles. The van der Waals surface area contributed by atoms with Gasteiger partial charge in [-0.1, -0.05) is 30.7 Å². The van der Waals surface area contributed by atoms with Crippen LogP contribution in [0, 0.1) is 0 Å². The normalized spacial score (nSPS) is 26.6. The summed E-state index contributed by atoms with van der Waals surface area (Å²) in [4.78, 5) is 26.3. The van der Waals surface area contributed by atoms with Crippen LogP contribution in [0.5, 0.6) is 0 Å². The molecule has 20 heavy (non-hydrogen) atoms. The number of nitrogens with one attached hydrogen (secondary N) is 1. The number of hydrogen-bond donors (Lipinski definition) is 1. The van der Waals surface area contributed by atoms with Crippen LogP contribution in [0.15, 0.2) is 24.3 Å². The van der Waals surface area contributed by atoms with Crippen LogP contribution in [0.1, 0.15) is 32.8 Å². The number of amides is 2. The second-order valence-electron chi connectivity index (χ2n) is 5.41. The average molecular weight is 295 g/mol. The van der Waals surface area contributed by atoms with Gasteiger partial charge in [0.15, 0.2) is 0 Å². The molecule has 0 spiro atoms. The van der Waals surface area contributed by atoms with E-state index in [1.165, 1.54) is 0 Å². The number of halogens is 1. The summed E-state index contributed by atoms with van der Waals surface area (Å²) in [7, 11) is 0. The van der Waals surface area contributed by atoms with Crippen molar-refractivity contribution in [3.05, 3.63) is 34.9 Å². The number of carbonyl (C=O) groups excluding carboxylic acids is 2. The van der Waals surface area contributed by atoms with Gasteiger partial charge in [-0.3, -0.25) is 9.59 Å². The van der Waals surface area contributed by atoms with Crippen molar-refractivity contribution in [1.29, 1.82) is 0 Å². The molecule has 5 heteroatoms. The summed E-state index contributed by atoms with van der Waals surface area (Å²) >= 11 is 5.86.